The monoisotopic (exact) mass is 200 g/mol. The Morgan fingerprint density at radius 3 is 2.77 bits per heavy atom. The van der Waals surface area contributed by atoms with Gasteiger partial charge in [-0.1, -0.05) is 0 Å². The summed E-state index contributed by atoms with van der Waals surface area (Å²) in [5.74, 6) is -0.524. The van der Waals surface area contributed by atoms with Crippen molar-refractivity contribution >= 4 is 23.5 Å². The van der Waals surface area contributed by atoms with Gasteiger partial charge in [0.15, 0.2) is 0 Å². The Morgan fingerprint density at radius 2 is 2.23 bits per heavy atom. The van der Waals surface area contributed by atoms with Crippen molar-refractivity contribution in [3.05, 3.63) is 29.3 Å². The molecule has 0 aliphatic carbocycles. The van der Waals surface area contributed by atoms with Crippen LogP contribution in [-0.2, 0) is 10.9 Å². The van der Waals surface area contributed by atoms with Crippen molar-refractivity contribution in [1.29, 1.82) is 0 Å². The van der Waals surface area contributed by atoms with Crippen molar-refractivity contribution in [1.82, 2.24) is 0 Å². The van der Waals surface area contributed by atoms with E-state index >= 15 is 0 Å². The van der Waals surface area contributed by atoms with Crippen LogP contribution >= 0.6 is 11.9 Å². The van der Waals surface area contributed by atoms with Gasteiger partial charge in [-0.15, -0.1) is 0 Å². The zero-order valence-corrected chi connectivity index (χ0v) is 7.54. The number of carbonyl (C=O) groups is 1. The van der Waals surface area contributed by atoms with Crippen LogP contribution < -0.4 is 11.5 Å². The smallest absolute Gasteiger partial charge is 0.249 e. The van der Waals surface area contributed by atoms with Crippen LogP contribution in [-0.4, -0.2) is 5.91 Å². The summed E-state index contributed by atoms with van der Waals surface area (Å²) < 4.78 is 4.38. The number of hydrogen-bond donors (Lipinski definition) is 2. The predicted molar refractivity (Wildman–Crippen MR) is 50.0 cm³/mol. The summed E-state index contributed by atoms with van der Waals surface area (Å²) in [4.78, 5) is 10.9. The normalized spacial score (nSPS) is 9.92. The van der Waals surface area contributed by atoms with Crippen molar-refractivity contribution in [3.8, 4) is 0 Å². The highest BCUT2D eigenvalue weighted by molar-refractivity contribution is 6.07. The maximum Gasteiger partial charge on any atom is 0.249 e. The Labute approximate surface area is 80.6 Å². The zero-order chi connectivity index (χ0) is 9.84. The minimum atomic E-state index is -0.524. The molecule has 1 aromatic rings. The summed E-state index contributed by atoms with van der Waals surface area (Å²) in [6.45, 7) is 0.102. The van der Waals surface area contributed by atoms with E-state index in [1.54, 1.807) is 18.2 Å². The van der Waals surface area contributed by atoms with E-state index in [1.165, 1.54) is 0 Å². The molecule has 0 heterocycles. The van der Waals surface area contributed by atoms with E-state index < -0.39 is 5.91 Å². The number of amides is 1. The van der Waals surface area contributed by atoms with Crippen LogP contribution in [0.1, 0.15) is 15.9 Å². The maximum absolute atomic E-state index is 10.9. The fraction of sp³-hybridized carbons (Fsp3) is 0.125. The van der Waals surface area contributed by atoms with E-state index in [2.05, 4.69) is 4.29 Å². The summed E-state index contributed by atoms with van der Waals surface area (Å²) in [5.41, 5.74) is 12.1. The van der Waals surface area contributed by atoms with Gasteiger partial charge in [-0.2, -0.15) is 0 Å². The molecule has 1 rings (SSSR count). The Balaban J connectivity index is 3.10. The van der Waals surface area contributed by atoms with Gasteiger partial charge in [0, 0.05) is 11.3 Å². The lowest BCUT2D eigenvalue weighted by molar-refractivity contribution is 0.0998. The second-order valence-electron chi connectivity index (χ2n) is 2.53. The second-order valence-corrected chi connectivity index (χ2v) is 2.75. The van der Waals surface area contributed by atoms with Crippen LogP contribution in [0.3, 0.4) is 0 Å². The third-order valence-corrected chi connectivity index (χ3v) is 1.71. The fourth-order valence-corrected chi connectivity index (χ4v) is 1.15. The van der Waals surface area contributed by atoms with E-state index in [-0.39, 0.29) is 6.61 Å². The molecule has 13 heavy (non-hydrogen) atoms. The largest absolute Gasteiger partial charge is 0.399 e. The first-order valence-electron chi connectivity index (χ1n) is 3.57. The molecule has 0 aliphatic heterocycles. The molecular weight excluding hydrogens is 192 g/mol. The Bertz CT molecular complexity index is 328. The number of nitrogen functional groups attached to an aromatic ring is 1. The SMILES string of the molecule is NC(=O)c1ccc(N)cc1COCl. The Morgan fingerprint density at radius 1 is 1.54 bits per heavy atom. The molecule has 0 unspecified atom stereocenters. The predicted octanol–water partition coefficient (Wildman–Crippen LogP) is 1.04. The molecule has 0 fully saturated rings. The lowest BCUT2D eigenvalue weighted by Crippen LogP contribution is -2.14. The van der Waals surface area contributed by atoms with E-state index in [0.717, 1.165) is 0 Å². The number of rotatable bonds is 3. The highest BCUT2D eigenvalue weighted by atomic mass is 35.5. The van der Waals surface area contributed by atoms with Crippen molar-refractivity contribution in [3.63, 3.8) is 0 Å². The topological polar surface area (TPSA) is 78.3 Å². The first-order valence-corrected chi connectivity index (χ1v) is 3.87. The van der Waals surface area contributed by atoms with Gasteiger partial charge in [-0.3, -0.25) is 9.08 Å². The lowest BCUT2D eigenvalue weighted by atomic mass is 10.1. The fourth-order valence-electron chi connectivity index (χ4n) is 1.03. The average Bonchev–Trinajstić information content (AvgIpc) is 2.04. The molecule has 0 atom stereocenters. The van der Waals surface area contributed by atoms with Gasteiger partial charge in [-0.05, 0) is 23.8 Å². The summed E-state index contributed by atoms with van der Waals surface area (Å²) in [6.07, 6.45) is 0. The quantitative estimate of drug-likeness (QED) is 0.716. The molecule has 0 bridgehead atoms. The third kappa shape index (κ3) is 2.34. The molecule has 1 amide bonds. The third-order valence-electron chi connectivity index (χ3n) is 1.60. The standard InChI is InChI=1S/C8H9ClN2O2/c9-13-4-5-3-6(10)1-2-7(5)8(11)12/h1-3H,4,10H2,(H2,11,12). The maximum atomic E-state index is 10.9. The van der Waals surface area contributed by atoms with Crippen LogP contribution in [0.2, 0.25) is 0 Å². The number of primary amides is 1. The minimum Gasteiger partial charge on any atom is -0.399 e. The molecule has 0 spiro atoms. The van der Waals surface area contributed by atoms with Crippen molar-refractivity contribution in [2.45, 2.75) is 6.61 Å². The molecule has 70 valence electrons. The van der Waals surface area contributed by atoms with Crippen LogP contribution in [0.25, 0.3) is 0 Å². The van der Waals surface area contributed by atoms with Crippen LogP contribution in [0.5, 0.6) is 0 Å². The molecule has 0 aliphatic rings. The van der Waals surface area contributed by atoms with Crippen LogP contribution in [0, 0.1) is 0 Å². The van der Waals surface area contributed by atoms with Crippen LogP contribution in [0.15, 0.2) is 18.2 Å². The molecule has 4 nitrogen and oxygen atoms in total. The van der Waals surface area contributed by atoms with Crippen molar-refractivity contribution in [2.24, 2.45) is 5.73 Å². The van der Waals surface area contributed by atoms with Gasteiger partial charge < -0.3 is 11.5 Å². The number of benzene rings is 1. The van der Waals surface area contributed by atoms with Gasteiger partial charge in [0.1, 0.15) is 0 Å². The molecule has 0 saturated carbocycles. The zero-order valence-electron chi connectivity index (χ0n) is 6.79. The van der Waals surface area contributed by atoms with E-state index in [9.17, 15) is 4.79 Å². The molecule has 0 saturated heterocycles. The Kier molecular flexibility index (Phi) is 3.11. The number of nitrogens with two attached hydrogens (primary N) is 2. The van der Waals surface area contributed by atoms with Gasteiger partial charge >= 0.3 is 0 Å². The summed E-state index contributed by atoms with van der Waals surface area (Å²) >= 11 is 5.07. The Hall–Kier alpha value is -1.26. The van der Waals surface area contributed by atoms with Gasteiger partial charge in [-0.25, -0.2) is 0 Å². The van der Waals surface area contributed by atoms with E-state index in [0.29, 0.717) is 16.8 Å². The molecule has 5 heteroatoms. The summed E-state index contributed by atoms with van der Waals surface area (Å²) in [5, 5.41) is 0. The van der Waals surface area contributed by atoms with Gasteiger partial charge in [0.25, 0.3) is 0 Å². The molecule has 0 radical (unpaired) electrons. The average molecular weight is 201 g/mol. The lowest BCUT2D eigenvalue weighted by Gasteiger charge is -2.04. The summed E-state index contributed by atoms with van der Waals surface area (Å²) in [6, 6.07) is 4.74. The number of hydrogen-bond acceptors (Lipinski definition) is 3. The molecule has 1 aromatic carbocycles. The minimum absolute atomic E-state index is 0.102. The number of carbonyl (C=O) groups excluding carboxylic acids is 1. The summed E-state index contributed by atoms with van der Waals surface area (Å²) in [7, 11) is 0. The molecule has 0 aromatic heterocycles. The number of halogens is 1. The van der Waals surface area contributed by atoms with Crippen LogP contribution in [0.4, 0.5) is 5.69 Å². The highest BCUT2D eigenvalue weighted by Gasteiger charge is 2.07. The van der Waals surface area contributed by atoms with E-state index in [1.807, 2.05) is 0 Å². The first-order chi connectivity index (χ1) is 6.15. The van der Waals surface area contributed by atoms with E-state index in [4.69, 9.17) is 23.3 Å². The highest BCUT2D eigenvalue weighted by Crippen LogP contribution is 2.14. The van der Waals surface area contributed by atoms with Gasteiger partial charge in [0.2, 0.25) is 5.91 Å². The van der Waals surface area contributed by atoms with Crippen molar-refractivity contribution in [2.75, 3.05) is 5.73 Å². The van der Waals surface area contributed by atoms with Crippen molar-refractivity contribution < 1.29 is 9.08 Å². The molecular formula is C8H9ClN2O2. The molecule has 4 N–H and O–H groups in total. The second kappa shape index (κ2) is 4.11. The first kappa shape index (κ1) is 9.83. The van der Waals surface area contributed by atoms with Gasteiger partial charge in [0.05, 0.1) is 18.5 Å². The number of anilines is 1.